The molecular formula is C27H28FN3O4. The molecule has 2 aliphatic rings. The van der Waals surface area contributed by atoms with E-state index in [1.165, 1.54) is 6.07 Å². The number of amides is 1. The fourth-order valence-electron chi connectivity index (χ4n) is 4.59. The van der Waals surface area contributed by atoms with Crippen molar-refractivity contribution in [2.45, 2.75) is 6.04 Å². The van der Waals surface area contributed by atoms with Crippen LogP contribution in [0.1, 0.15) is 22.0 Å². The first-order valence-corrected chi connectivity index (χ1v) is 11.7. The van der Waals surface area contributed by atoms with Gasteiger partial charge in [-0.2, -0.15) is 0 Å². The molecule has 0 aliphatic carbocycles. The van der Waals surface area contributed by atoms with Crippen LogP contribution >= 0.6 is 0 Å². The van der Waals surface area contributed by atoms with E-state index >= 15 is 0 Å². The molecule has 0 saturated carbocycles. The number of carbonyl (C=O) groups excluding carboxylic acids is 1. The molecule has 0 spiro atoms. The van der Waals surface area contributed by atoms with Crippen molar-refractivity contribution in [1.82, 2.24) is 10.2 Å². The van der Waals surface area contributed by atoms with Gasteiger partial charge in [0, 0.05) is 38.3 Å². The van der Waals surface area contributed by atoms with Gasteiger partial charge in [0.2, 0.25) is 6.79 Å². The highest BCUT2D eigenvalue weighted by Crippen LogP contribution is 2.36. The summed E-state index contributed by atoms with van der Waals surface area (Å²) in [6, 6.07) is 19.7. The van der Waals surface area contributed by atoms with Gasteiger partial charge in [-0.15, -0.1) is 0 Å². The maximum absolute atomic E-state index is 14.3. The highest BCUT2D eigenvalue weighted by molar-refractivity contribution is 5.94. The second kappa shape index (κ2) is 10.2. The summed E-state index contributed by atoms with van der Waals surface area (Å²) in [4.78, 5) is 17.3. The van der Waals surface area contributed by atoms with E-state index < -0.39 is 0 Å². The van der Waals surface area contributed by atoms with Crippen LogP contribution in [0.2, 0.25) is 0 Å². The number of hydrogen-bond acceptors (Lipinski definition) is 6. The average molecular weight is 478 g/mol. The molecule has 35 heavy (non-hydrogen) atoms. The minimum Gasteiger partial charge on any atom is -0.497 e. The summed E-state index contributed by atoms with van der Waals surface area (Å²) in [5.74, 6) is 1.77. The fraction of sp³-hybridized carbons (Fsp3) is 0.296. The Morgan fingerprint density at radius 3 is 2.49 bits per heavy atom. The lowest BCUT2D eigenvalue weighted by Gasteiger charge is -2.40. The van der Waals surface area contributed by atoms with E-state index in [0.29, 0.717) is 42.4 Å². The van der Waals surface area contributed by atoms with Crippen molar-refractivity contribution >= 4 is 11.6 Å². The number of benzene rings is 3. The highest BCUT2D eigenvalue weighted by atomic mass is 19.1. The lowest BCUT2D eigenvalue weighted by molar-refractivity contribution is 0.0930. The molecular weight excluding hydrogens is 449 g/mol. The smallest absolute Gasteiger partial charge is 0.251 e. The zero-order valence-electron chi connectivity index (χ0n) is 19.6. The van der Waals surface area contributed by atoms with E-state index in [0.717, 1.165) is 24.4 Å². The molecule has 7 nitrogen and oxygen atoms in total. The van der Waals surface area contributed by atoms with Crippen LogP contribution in [0.15, 0.2) is 66.7 Å². The van der Waals surface area contributed by atoms with Gasteiger partial charge in [-0.05, 0) is 54.1 Å². The topological polar surface area (TPSA) is 63.3 Å². The molecule has 3 aromatic rings. The van der Waals surface area contributed by atoms with E-state index in [1.807, 2.05) is 30.3 Å². The summed E-state index contributed by atoms with van der Waals surface area (Å²) < 4.78 is 30.5. The lowest BCUT2D eigenvalue weighted by Crippen LogP contribution is -2.50. The molecule has 1 atom stereocenters. The number of rotatable bonds is 7. The number of para-hydroxylation sites is 1. The summed E-state index contributed by atoms with van der Waals surface area (Å²) in [5.41, 5.74) is 2.22. The number of halogens is 1. The summed E-state index contributed by atoms with van der Waals surface area (Å²) in [6.07, 6.45) is 0. The van der Waals surface area contributed by atoms with Gasteiger partial charge in [-0.25, -0.2) is 4.39 Å². The number of nitrogens with one attached hydrogen (secondary N) is 1. The van der Waals surface area contributed by atoms with E-state index in [4.69, 9.17) is 14.2 Å². The molecule has 0 bridgehead atoms. The predicted octanol–water partition coefficient (Wildman–Crippen LogP) is 3.86. The van der Waals surface area contributed by atoms with Crippen molar-refractivity contribution < 1.29 is 23.4 Å². The Balaban J connectivity index is 1.31. The maximum atomic E-state index is 14.3. The summed E-state index contributed by atoms with van der Waals surface area (Å²) in [6.45, 7) is 3.46. The van der Waals surface area contributed by atoms with Gasteiger partial charge in [-0.1, -0.05) is 18.2 Å². The van der Waals surface area contributed by atoms with E-state index in [-0.39, 0.29) is 24.6 Å². The third-order valence-electron chi connectivity index (χ3n) is 6.54. The third-order valence-corrected chi connectivity index (χ3v) is 6.54. The molecule has 0 aromatic heterocycles. The molecule has 1 fully saturated rings. The molecule has 1 N–H and O–H groups in total. The van der Waals surface area contributed by atoms with Crippen molar-refractivity contribution in [3.63, 3.8) is 0 Å². The van der Waals surface area contributed by atoms with Crippen molar-refractivity contribution in [1.29, 1.82) is 0 Å². The van der Waals surface area contributed by atoms with Crippen LogP contribution in [0.4, 0.5) is 10.1 Å². The van der Waals surface area contributed by atoms with Gasteiger partial charge in [0.15, 0.2) is 11.5 Å². The SMILES string of the molecule is COc1ccc(C(=O)NC[C@H](c2ccc3c(c2)OCO3)N2CCN(c3ccccc3F)CC2)cc1. The summed E-state index contributed by atoms with van der Waals surface area (Å²) in [5, 5.41) is 3.08. The monoisotopic (exact) mass is 477 g/mol. The minimum absolute atomic E-state index is 0.0746. The fourth-order valence-corrected chi connectivity index (χ4v) is 4.59. The van der Waals surface area contributed by atoms with Gasteiger partial charge in [0.1, 0.15) is 11.6 Å². The van der Waals surface area contributed by atoms with Crippen LogP contribution in [0.25, 0.3) is 0 Å². The van der Waals surface area contributed by atoms with Crippen LogP contribution in [-0.4, -0.2) is 57.4 Å². The van der Waals surface area contributed by atoms with Crippen LogP contribution < -0.4 is 24.4 Å². The Hall–Kier alpha value is -3.78. The van der Waals surface area contributed by atoms with Crippen LogP contribution in [0, 0.1) is 5.82 Å². The van der Waals surface area contributed by atoms with Gasteiger partial charge in [0.25, 0.3) is 5.91 Å². The molecule has 3 aromatic carbocycles. The summed E-state index contributed by atoms with van der Waals surface area (Å²) in [7, 11) is 1.59. The number of anilines is 1. The largest absolute Gasteiger partial charge is 0.497 e. The first kappa shape index (κ1) is 23.0. The number of methoxy groups -OCH3 is 1. The average Bonchev–Trinajstić information content (AvgIpc) is 3.38. The zero-order chi connectivity index (χ0) is 24.2. The molecule has 0 radical (unpaired) electrons. The molecule has 2 aliphatic heterocycles. The number of hydrogen-bond donors (Lipinski definition) is 1. The molecule has 5 rings (SSSR count). The molecule has 0 unspecified atom stereocenters. The maximum Gasteiger partial charge on any atom is 0.251 e. The molecule has 182 valence electrons. The normalized spacial score (nSPS) is 16.1. The first-order chi connectivity index (χ1) is 17.1. The highest BCUT2D eigenvalue weighted by Gasteiger charge is 2.28. The molecule has 1 amide bonds. The van der Waals surface area contributed by atoms with Crippen molar-refractivity contribution in [2.24, 2.45) is 0 Å². The predicted molar refractivity (Wildman–Crippen MR) is 131 cm³/mol. The van der Waals surface area contributed by atoms with Crippen LogP contribution in [0.5, 0.6) is 17.2 Å². The molecule has 2 heterocycles. The Kier molecular flexibility index (Phi) is 6.72. The Morgan fingerprint density at radius 2 is 1.74 bits per heavy atom. The van der Waals surface area contributed by atoms with E-state index in [9.17, 15) is 9.18 Å². The first-order valence-electron chi connectivity index (χ1n) is 11.7. The number of ether oxygens (including phenoxy) is 3. The van der Waals surface area contributed by atoms with Gasteiger partial charge in [-0.3, -0.25) is 9.69 Å². The summed E-state index contributed by atoms with van der Waals surface area (Å²) >= 11 is 0. The van der Waals surface area contributed by atoms with Crippen molar-refractivity contribution in [2.75, 3.05) is 51.5 Å². The Labute approximate surface area is 204 Å². The van der Waals surface area contributed by atoms with Crippen LogP contribution in [0.3, 0.4) is 0 Å². The third kappa shape index (κ3) is 5.02. The standard InChI is InChI=1S/C27H28FN3O4/c1-33-21-9-6-19(7-10-21)27(32)29-17-24(20-8-11-25-26(16-20)35-18-34-25)31-14-12-30(13-15-31)23-5-3-2-4-22(23)28/h2-11,16,24H,12-15,17-18H2,1H3,(H,29,32)/t24-/m1/s1. The molecule has 8 heteroatoms. The van der Waals surface area contributed by atoms with Crippen molar-refractivity contribution in [3.8, 4) is 17.2 Å². The van der Waals surface area contributed by atoms with Gasteiger partial charge in [0.05, 0.1) is 18.8 Å². The van der Waals surface area contributed by atoms with E-state index in [2.05, 4.69) is 15.1 Å². The van der Waals surface area contributed by atoms with Gasteiger partial charge < -0.3 is 24.4 Å². The Morgan fingerprint density at radius 1 is 1.00 bits per heavy atom. The number of piperazine rings is 1. The van der Waals surface area contributed by atoms with Crippen molar-refractivity contribution in [3.05, 3.63) is 83.7 Å². The zero-order valence-corrected chi connectivity index (χ0v) is 19.6. The second-order valence-electron chi connectivity index (χ2n) is 8.54. The molecule has 1 saturated heterocycles. The lowest BCUT2D eigenvalue weighted by atomic mass is 10.0. The van der Waals surface area contributed by atoms with Gasteiger partial charge >= 0.3 is 0 Å². The number of fused-ring (bicyclic) bond motifs is 1. The quantitative estimate of drug-likeness (QED) is 0.558. The number of nitrogens with zero attached hydrogens (tertiary/aromatic N) is 2. The second-order valence-corrected chi connectivity index (χ2v) is 8.54. The minimum atomic E-state index is -0.208. The number of carbonyl (C=O) groups is 1. The van der Waals surface area contributed by atoms with Crippen LogP contribution in [-0.2, 0) is 0 Å². The Bertz CT molecular complexity index is 1180. The van der Waals surface area contributed by atoms with E-state index in [1.54, 1.807) is 37.4 Å².